The first-order valence-corrected chi connectivity index (χ1v) is 13.9. The molecular formula is C29H43N9O5. The van der Waals surface area contributed by atoms with Crippen LogP contribution in [0, 0.1) is 13.8 Å². The van der Waals surface area contributed by atoms with Gasteiger partial charge in [0.15, 0.2) is 5.96 Å². The van der Waals surface area contributed by atoms with Crippen molar-refractivity contribution in [2.75, 3.05) is 13.1 Å². The van der Waals surface area contributed by atoms with Crippen LogP contribution in [-0.2, 0) is 32.0 Å². The van der Waals surface area contributed by atoms with E-state index in [4.69, 9.17) is 28.7 Å². The second-order valence-electron chi connectivity index (χ2n) is 10.3. The number of guanidine groups is 1. The van der Waals surface area contributed by atoms with Gasteiger partial charge in [-0.1, -0.05) is 30.3 Å². The lowest BCUT2D eigenvalue weighted by Gasteiger charge is -2.26. The van der Waals surface area contributed by atoms with E-state index in [1.54, 1.807) is 50.2 Å². The zero-order valence-electron chi connectivity index (χ0n) is 24.5. The molecule has 0 unspecified atom stereocenters. The summed E-state index contributed by atoms with van der Waals surface area (Å²) in [5.41, 5.74) is 30.9. The third-order valence-electron chi connectivity index (χ3n) is 6.82. The highest BCUT2D eigenvalue weighted by atomic mass is 16.3. The van der Waals surface area contributed by atoms with Gasteiger partial charge in [0.1, 0.15) is 23.9 Å². The van der Waals surface area contributed by atoms with Gasteiger partial charge >= 0.3 is 0 Å². The lowest BCUT2D eigenvalue weighted by molar-refractivity contribution is -0.133. The van der Waals surface area contributed by atoms with E-state index >= 15 is 0 Å². The highest BCUT2D eigenvalue weighted by Crippen LogP contribution is 2.22. The Morgan fingerprint density at radius 2 is 1.37 bits per heavy atom. The normalized spacial score (nSPS) is 13.6. The molecule has 14 heteroatoms. The van der Waals surface area contributed by atoms with Gasteiger partial charge < -0.3 is 49.7 Å². The Balaban J connectivity index is 2.27. The van der Waals surface area contributed by atoms with Crippen LogP contribution >= 0.6 is 0 Å². The molecule has 0 saturated heterocycles. The molecule has 43 heavy (non-hydrogen) atoms. The molecule has 0 aliphatic carbocycles. The monoisotopic (exact) mass is 597 g/mol. The Hall–Kier alpha value is -4.69. The Kier molecular flexibility index (Phi) is 13.4. The third kappa shape index (κ3) is 11.2. The van der Waals surface area contributed by atoms with Gasteiger partial charge in [0, 0.05) is 19.4 Å². The van der Waals surface area contributed by atoms with Gasteiger partial charge in [0.2, 0.25) is 23.6 Å². The number of primary amides is 1. The first kappa shape index (κ1) is 34.5. The summed E-state index contributed by atoms with van der Waals surface area (Å²) in [6, 6.07) is 7.74. The maximum atomic E-state index is 13.6. The molecule has 0 aromatic heterocycles. The number of hydrogen-bond donors (Lipinski definition) is 9. The molecule has 0 aliphatic rings. The largest absolute Gasteiger partial charge is 0.508 e. The van der Waals surface area contributed by atoms with E-state index in [-0.39, 0.29) is 50.5 Å². The van der Waals surface area contributed by atoms with E-state index in [1.807, 2.05) is 6.07 Å². The minimum Gasteiger partial charge on any atom is -0.508 e. The van der Waals surface area contributed by atoms with Gasteiger partial charge in [-0.3, -0.25) is 24.2 Å². The average Bonchev–Trinajstić information content (AvgIpc) is 2.93. The van der Waals surface area contributed by atoms with Gasteiger partial charge in [-0.15, -0.1) is 0 Å². The molecule has 0 bridgehead atoms. The van der Waals surface area contributed by atoms with E-state index in [1.165, 1.54) is 0 Å². The summed E-state index contributed by atoms with van der Waals surface area (Å²) in [6.07, 6.45) is 0.347. The summed E-state index contributed by atoms with van der Waals surface area (Å²) in [4.78, 5) is 55.8. The first-order valence-electron chi connectivity index (χ1n) is 13.9. The molecule has 234 valence electrons. The minimum absolute atomic E-state index is 0.0328. The number of phenols is 1. The van der Waals surface area contributed by atoms with Gasteiger partial charge in [-0.05, 0) is 67.6 Å². The topological polar surface area (TPSA) is 267 Å². The molecule has 0 saturated carbocycles. The summed E-state index contributed by atoms with van der Waals surface area (Å²) in [5.74, 6) is -2.79. The second kappa shape index (κ2) is 16.7. The summed E-state index contributed by atoms with van der Waals surface area (Å²) in [5, 5.41) is 17.9. The summed E-state index contributed by atoms with van der Waals surface area (Å²) in [6.45, 7) is 3.68. The SMILES string of the molecule is Cc1cc(O)cc(C)c1C[C@H](NC(=O)[C@H](N)CCN=C(N)N)C(=O)N[C@@H](CCN)C(=O)N[C@@H](Cc1ccccc1)C(N)=O. The molecule has 0 spiro atoms. The first-order chi connectivity index (χ1) is 20.3. The van der Waals surface area contributed by atoms with Crippen LogP contribution in [0.1, 0.15) is 35.1 Å². The lowest BCUT2D eigenvalue weighted by atomic mass is 9.95. The molecule has 14 N–H and O–H groups in total. The maximum absolute atomic E-state index is 13.6. The molecule has 2 aromatic carbocycles. The van der Waals surface area contributed by atoms with Crippen molar-refractivity contribution in [3.63, 3.8) is 0 Å². The summed E-state index contributed by atoms with van der Waals surface area (Å²) < 4.78 is 0. The number of aryl methyl sites for hydroxylation is 2. The predicted octanol–water partition coefficient (Wildman–Crippen LogP) is -1.93. The van der Waals surface area contributed by atoms with Crippen LogP contribution in [-0.4, -0.2) is 72.0 Å². The number of carbonyl (C=O) groups excluding carboxylic acids is 4. The zero-order chi connectivity index (χ0) is 32.1. The van der Waals surface area contributed by atoms with E-state index in [0.717, 1.165) is 5.56 Å². The number of phenolic OH excluding ortho intramolecular Hbond substituents is 1. The number of hydrogen-bond acceptors (Lipinski definition) is 8. The Labute approximate surface area is 250 Å². The van der Waals surface area contributed by atoms with Crippen molar-refractivity contribution in [3.05, 3.63) is 64.7 Å². The molecule has 4 atom stereocenters. The number of carbonyl (C=O) groups is 4. The van der Waals surface area contributed by atoms with Crippen LogP contribution in [0.2, 0.25) is 0 Å². The quantitative estimate of drug-likeness (QED) is 0.0769. The second-order valence-corrected chi connectivity index (χ2v) is 10.3. The van der Waals surface area contributed by atoms with Crippen molar-refractivity contribution in [2.24, 2.45) is 33.7 Å². The smallest absolute Gasteiger partial charge is 0.243 e. The van der Waals surface area contributed by atoms with Crippen LogP contribution in [0.15, 0.2) is 47.5 Å². The maximum Gasteiger partial charge on any atom is 0.243 e. The fraction of sp³-hybridized carbons (Fsp3) is 0.414. The minimum atomic E-state index is -1.16. The fourth-order valence-corrected chi connectivity index (χ4v) is 4.50. The molecule has 2 aromatic rings. The third-order valence-corrected chi connectivity index (χ3v) is 6.82. The number of rotatable bonds is 16. The fourth-order valence-electron chi connectivity index (χ4n) is 4.50. The number of nitrogens with one attached hydrogen (secondary N) is 3. The van der Waals surface area contributed by atoms with E-state index in [2.05, 4.69) is 20.9 Å². The number of benzene rings is 2. The molecule has 14 nitrogen and oxygen atoms in total. The Morgan fingerprint density at radius 3 is 1.93 bits per heavy atom. The van der Waals surface area contributed by atoms with Crippen LogP contribution in [0.3, 0.4) is 0 Å². The standard InChI is InChI=1S/C29H43N9O5/c1-16-12-19(39)13-17(2)20(16)15-24(38-26(41)21(31)9-11-35-29(33)34)28(43)36-22(8-10-30)27(42)37-23(25(32)40)14-18-6-4-3-5-7-18/h3-7,12-13,21-24,39H,8-11,14-15,30-31H2,1-2H3,(H2,32,40)(H,36,43)(H,37,42)(H,38,41)(H4,33,34,35)/t21-,22+,23+,24+/m1/s1. The van der Waals surface area contributed by atoms with Gasteiger partial charge in [-0.25, -0.2) is 0 Å². The van der Waals surface area contributed by atoms with Crippen LogP contribution in [0.4, 0.5) is 0 Å². The van der Waals surface area contributed by atoms with E-state index in [9.17, 15) is 24.3 Å². The van der Waals surface area contributed by atoms with Gasteiger partial charge in [0.25, 0.3) is 0 Å². The van der Waals surface area contributed by atoms with E-state index in [0.29, 0.717) is 16.7 Å². The molecular weight excluding hydrogens is 554 g/mol. The van der Waals surface area contributed by atoms with Crippen LogP contribution < -0.4 is 44.6 Å². The molecule has 0 aliphatic heterocycles. The highest BCUT2D eigenvalue weighted by molar-refractivity contribution is 5.94. The number of amides is 4. The predicted molar refractivity (Wildman–Crippen MR) is 163 cm³/mol. The van der Waals surface area contributed by atoms with E-state index < -0.39 is 47.8 Å². The van der Waals surface area contributed by atoms with Crippen molar-refractivity contribution >= 4 is 29.6 Å². The molecule has 2 rings (SSSR count). The zero-order valence-corrected chi connectivity index (χ0v) is 24.5. The molecule has 0 heterocycles. The molecule has 4 amide bonds. The van der Waals surface area contributed by atoms with Crippen molar-refractivity contribution in [3.8, 4) is 5.75 Å². The van der Waals surface area contributed by atoms with Gasteiger partial charge in [0.05, 0.1) is 6.04 Å². The average molecular weight is 598 g/mol. The van der Waals surface area contributed by atoms with Crippen molar-refractivity contribution in [1.29, 1.82) is 0 Å². The van der Waals surface area contributed by atoms with Crippen molar-refractivity contribution < 1.29 is 24.3 Å². The van der Waals surface area contributed by atoms with Crippen LogP contribution in [0.5, 0.6) is 5.75 Å². The highest BCUT2D eigenvalue weighted by Gasteiger charge is 2.30. The van der Waals surface area contributed by atoms with Crippen molar-refractivity contribution in [2.45, 2.75) is 63.7 Å². The molecule has 0 radical (unpaired) electrons. The number of aliphatic imine (C=N–C) groups is 1. The van der Waals surface area contributed by atoms with Crippen LogP contribution in [0.25, 0.3) is 0 Å². The van der Waals surface area contributed by atoms with Gasteiger partial charge in [-0.2, -0.15) is 0 Å². The lowest BCUT2D eigenvalue weighted by Crippen LogP contribution is -2.58. The Morgan fingerprint density at radius 1 is 0.814 bits per heavy atom. The Bertz CT molecular complexity index is 1280. The summed E-state index contributed by atoms with van der Waals surface area (Å²) in [7, 11) is 0. The molecule has 0 fully saturated rings. The number of aromatic hydroxyl groups is 1. The number of nitrogens with zero attached hydrogens (tertiary/aromatic N) is 1. The van der Waals surface area contributed by atoms with Crippen molar-refractivity contribution in [1.82, 2.24) is 16.0 Å². The summed E-state index contributed by atoms with van der Waals surface area (Å²) >= 11 is 0. The number of nitrogens with two attached hydrogens (primary N) is 5.